The Morgan fingerprint density at radius 2 is 1.96 bits per heavy atom. The van der Waals surface area contributed by atoms with E-state index in [0.29, 0.717) is 18.4 Å². The van der Waals surface area contributed by atoms with Crippen molar-refractivity contribution in [2.24, 2.45) is 5.41 Å². The fraction of sp³-hybridized carbons (Fsp3) is 0.524. The number of hydrogen-bond donors (Lipinski definition) is 0. The van der Waals surface area contributed by atoms with Gasteiger partial charge in [-0.3, -0.25) is 9.78 Å². The summed E-state index contributed by atoms with van der Waals surface area (Å²) < 4.78 is 0. The Morgan fingerprint density at radius 3 is 2.80 bits per heavy atom. The maximum atomic E-state index is 12.3. The lowest BCUT2D eigenvalue weighted by Crippen LogP contribution is -2.55. The molecule has 0 radical (unpaired) electrons. The molecule has 25 heavy (non-hydrogen) atoms. The lowest BCUT2D eigenvalue weighted by molar-refractivity contribution is -0.140. The molecule has 1 aromatic heterocycles. The van der Waals surface area contributed by atoms with E-state index in [-0.39, 0.29) is 5.41 Å². The van der Waals surface area contributed by atoms with Crippen molar-refractivity contribution in [3.8, 4) is 0 Å². The van der Waals surface area contributed by atoms with E-state index in [1.54, 1.807) is 0 Å². The van der Waals surface area contributed by atoms with Crippen LogP contribution in [0.4, 0.5) is 5.69 Å². The fourth-order valence-electron chi connectivity index (χ4n) is 4.62. The zero-order valence-electron chi connectivity index (χ0n) is 15.2. The number of pyridine rings is 1. The maximum Gasteiger partial charge on any atom is 0.222 e. The zero-order chi connectivity index (χ0) is 17.4. The molecular weight excluding hydrogens is 310 g/mol. The third-order valence-corrected chi connectivity index (χ3v) is 5.95. The van der Waals surface area contributed by atoms with Crippen molar-refractivity contribution in [2.45, 2.75) is 45.6 Å². The minimum absolute atomic E-state index is 0.237. The lowest BCUT2D eigenvalue weighted by atomic mass is 9.73. The van der Waals surface area contributed by atoms with Crippen LogP contribution in [0.15, 0.2) is 36.5 Å². The highest BCUT2D eigenvalue weighted by molar-refractivity contribution is 5.91. The molecule has 0 N–H and O–H groups in total. The Kier molecular flexibility index (Phi) is 4.14. The van der Waals surface area contributed by atoms with E-state index in [1.165, 1.54) is 23.9 Å². The Hall–Kier alpha value is -2.10. The zero-order valence-corrected chi connectivity index (χ0v) is 15.2. The van der Waals surface area contributed by atoms with E-state index in [4.69, 9.17) is 0 Å². The number of rotatable bonds is 2. The smallest absolute Gasteiger partial charge is 0.222 e. The van der Waals surface area contributed by atoms with Crippen LogP contribution in [0.5, 0.6) is 0 Å². The van der Waals surface area contributed by atoms with E-state index in [2.05, 4.69) is 52.9 Å². The summed E-state index contributed by atoms with van der Waals surface area (Å²) in [5.41, 5.74) is 2.58. The van der Waals surface area contributed by atoms with Crippen molar-refractivity contribution in [1.29, 1.82) is 0 Å². The number of aromatic nitrogens is 1. The Labute approximate surface area is 149 Å². The Morgan fingerprint density at radius 1 is 1.12 bits per heavy atom. The fourth-order valence-corrected chi connectivity index (χ4v) is 4.62. The Balaban J connectivity index is 1.64. The molecule has 0 aliphatic carbocycles. The third-order valence-electron chi connectivity index (χ3n) is 5.95. The first-order valence-corrected chi connectivity index (χ1v) is 9.46. The van der Waals surface area contributed by atoms with E-state index in [9.17, 15) is 4.79 Å². The number of para-hydroxylation sites is 1. The Bertz CT molecular complexity index is 782. The number of nitrogens with zero attached hydrogens (tertiary/aromatic N) is 3. The highest BCUT2D eigenvalue weighted by atomic mass is 16.2. The second-order valence-corrected chi connectivity index (χ2v) is 7.99. The standard InChI is InChI=1S/C21H27N3O/c1-16(2)24-15-21(11-8-20(24)25)10-5-13-23(14-21)19-9-12-22-18-7-4-3-6-17(18)19/h3-4,6-7,9,12,16H,5,8,10-11,13-15H2,1-2H3. The van der Waals surface area contributed by atoms with Crippen LogP contribution in [0, 0.1) is 5.41 Å². The summed E-state index contributed by atoms with van der Waals surface area (Å²) >= 11 is 0. The van der Waals surface area contributed by atoms with Gasteiger partial charge in [-0.1, -0.05) is 18.2 Å². The summed E-state index contributed by atoms with van der Waals surface area (Å²) in [5.74, 6) is 0.326. The number of amides is 1. The lowest BCUT2D eigenvalue weighted by Gasteiger charge is -2.50. The average Bonchev–Trinajstić information content (AvgIpc) is 2.63. The average molecular weight is 337 g/mol. The normalized spacial score (nSPS) is 24.5. The molecule has 4 rings (SSSR count). The van der Waals surface area contributed by atoms with Crippen molar-refractivity contribution in [1.82, 2.24) is 9.88 Å². The molecule has 3 heterocycles. The van der Waals surface area contributed by atoms with Gasteiger partial charge in [-0.15, -0.1) is 0 Å². The molecule has 0 bridgehead atoms. The van der Waals surface area contributed by atoms with Gasteiger partial charge in [0.25, 0.3) is 0 Å². The van der Waals surface area contributed by atoms with Crippen LogP contribution < -0.4 is 4.90 Å². The van der Waals surface area contributed by atoms with Gasteiger partial charge >= 0.3 is 0 Å². The third kappa shape index (κ3) is 2.99. The topological polar surface area (TPSA) is 36.4 Å². The van der Waals surface area contributed by atoms with Crippen molar-refractivity contribution in [2.75, 3.05) is 24.5 Å². The second kappa shape index (κ2) is 6.32. The molecule has 1 unspecified atom stereocenters. The van der Waals surface area contributed by atoms with Gasteiger partial charge in [-0.25, -0.2) is 0 Å². The van der Waals surface area contributed by atoms with Gasteiger partial charge in [0.2, 0.25) is 5.91 Å². The first-order chi connectivity index (χ1) is 12.1. The van der Waals surface area contributed by atoms with Crippen molar-refractivity contribution in [3.63, 3.8) is 0 Å². The summed E-state index contributed by atoms with van der Waals surface area (Å²) in [7, 11) is 0. The summed E-state index contributed by atoms with van der Waals surface area (Å²) in [6.07, 6.45) is 6.06. The van der Waals surface area contributed by atoms with Gasteiger partial charge in [0.05, 0.1) is 5.52 Å². The second-order valence-electron chi connectivity index (χ2n) is 7.99. The molecule has 1 atom stereocenters. The van der Waals surface area contributed by atoms with Gasteiger partial charge in [0, 0.05) is 54.8 Å². The highest BCUT2D eigenvalue weighted by Crippen LogP contribution is 2.41. The quantitative estimate of drug-likeness (QED) is 0.835. The monoisotopic (exact) mass is 337 g/mol. The van der Waals surface area contributed by atoms with Crippen LogP contribution in [0.2, 0.25) is 0 Å². The van der Waals surface area contributed by atoms with Crippen molar-refractivity contribution < 1.29 is 4.79 Å². The molecule has 0 saturated carbocycles. The summed E-state index contributed by atoms with van der Waals surface area (Å²) in [6, 6.07) is 10.8. The first kappa shape index (κ1) is 16.4. The number of benzene rings is 1. The van der Waals surface area contributed by atoms with Crippen LogP contribution in [0.1, 0.15) is 39.5 Å². The van der Waals surface area contributed by atoms with Gasteiger partial charge in [0.15, 0.2) is 0 Å². The van der Waals surface area contributed by atoms with E-state index >= 15 is 0 Å². The van der Waals surface area contributed by atoms with Gasteiger partial charge in [-0.2, -0.15) is 0 Å². The molecule has 1 amide bonds. The van der Waals surface area contributed by atoms with Crippen LogP contribution >= 0.6 is 0 Å². The minimum atomic E-state index is 0.237. The summed E-state index contributed by atoms with van der Waals surface area (Å²) in [6.45, 7) is 7.30. The molecule has 2 aliphatic heterocycles. The van der Waals surface area contributed by atoms with Crippen molar-refractivity contribution in [3.05, 3.63) is 36.5 Å². The molecule has 4 heteroatoms. The molecule has 2 saturated heterocycles. The van der Waals surface area contributed by atoms with Gasteiger partial charge in [0.1, 0.15) is 0 Å². The number of piperidine rings is 2. The van der Waals surface area contributed by atoms with Gasteiger partial charge < -0.3 is 9.80 Å². The largest absolute Gasteiger partial charge is 0.370 e. The maximum absolute atomic E-state index is 12.3. The number of carbonyl (C=O) groups excluding carboxylic acids is 1. The molecule has 2 aromatic rings. The van der Waals surface area contributed by atoms with Crippen molar-refractivity contribution >= 4 is 22.5 Å². The highest BCUT2D eigenvalue weighted by Gasteiger charge is 2.42. The summed E-state index contributed by atoms with van der Waals surface area (Å²) in [5, 5.41) is 1.23. The number of likely N-dealkylation sites (tertiary alicyclic amines) is 1. The number of carbonyl (C=O) groups is 1. The molecule has 1 aromatic carbocycles. The molecule has 4 nitrogen and oxygen atoms in total. The van der Waals surface area contributed by atoms with E-state index in [0.717, 1.165) is 31.6 Å². The van der Waals surface area contributed by atoms with Gasteiger partial charge in [-0.05, 0) is 45.2 Å². The molecule has 1 spiro atoms. The molecule has 2 fully saturated rings. The van der Waals surface area contributed by atoms with Crippen LogP contribution in [-0.2, 0) is 4.79 Å². The number of fused-ring (bicyclic) bond motifs is 1. The molecule has 2 aliphatic rings. The summed E-state index contributed by atoms with van der Waals surface area (Å²) in [4.78, 5) is 21.4. The van der Waals surface area contributed by atoms with E-state index < -0.39 is 0 Å². The number of hydrogen-bond acceptors (Lipinski definition) is 3. The SMILES string of the molecule is CC(C)N1CC2(CCCN(c3ccnc4ccccc34)C2)CCC1=O. The first-order valence-electron chi connectivity index (χ1n) is 9.46. The van der Waals surface area contributed by atoms with Crippen LogP contribution in [0.25, 0.3) is 10.9 Å². The van der Waals surface area contributed by atoms with E-state index in [1.807, 2.05) is 12.3 Å². The minimum Gasteiger partial charge on any atom is -0.370 e. The predicted molar refractivity (Wildman–Crippen MR) is 102 cm³/mol. The predicted octanol–water partition coefficient (Wildman–Crippen LogP) is 3.85. The molecular formula is C21H27N3O. The molecule has 132 valence electrons. The van der Waals surface area contributed by atoms with Crippen LogP contribution in [0.3, 0.4) is 0 Å². The van der Waals surface area contributed by atoms with Crippen LogP contribution in [-0.4, -0.2) is 41.5 Å². The number of anilines is 1.